The van der Waals surface area contributed by atoms with Gasteiger partial charge in [-0.25, -0.2) is 4.79 Å². The molecule has 2 rings (SSSR count). The van der Waals surface area contributed by atoms with E-state index >= 15 is 0 Å². The first-order chi connectivity index (χ1) is 15.6. The van der Waals surface area contributed by atoms with Crippen LogP contribution in [-0.4, -0.2) is 82.0 Å². The van der Waals surface area contributed by atoms with E-state index in [-0.39, 0.29) is 19.4 Å². The number of aliphatic hydroxyl groups excluding tert-OH is 1. The number of hydrogen-bond acceptors (Lipinski definition) is 7. The molecule has 0 aliphatic carbocycles. The molecule has 1 heterocycles. The highest BCUT2D eigenvalue weighted by Crippen LogP contribution is 2.19. The largest absolute Gasteiger partial charge is 0.480 e. The van der Waals surface area contributed by atoms with Crippen molar-refractivity contribution in [1.29, 1.82) is 0 Å². The highest BCUT2D eigenvalue weighted by Gasteiger charge is 2.39. The second-order valence-electron chi connectivity index (χ2n) is 7.80. The molecule has 1 aliphatic rings. The SMILES string of the molecule is NC(=O)CC(NC(=O)C(Cc1ccccc1)NC(=O)C(N)CO)C(=O)N1CCCC1C(=O)O. The number of nitrogens with two attached hydrogens (primary N) is 2. The lowest BCUT2D eigenvalue weighted by molar-refractivity contribution is -0.149. The second kappa shape index (κ2) is 11.9. The number of nitrogens with one attached hydrogen (secondary N) is 2. The Morgan fingerprint density at radius 3 is 2.27 bits per heavy atom. The maximum absolute atomic E-state index is 13.1. The molecule has 1 aromatic carbocycles. The number of amides is 4. The molecule has 1 saturated heterocycles. The van der Waals surface area contributed by atoms with Gasteiger partial charge in [0, 0.05) is 13.0 Å². The molecule has 1 fully saturated rings. The molecule has 12 nitrogen and oxygen atoms in total. The summed E-state index contributed by atoms with van der Waals surface area (Å²) in [4.78, 5) is 62.4. The molecule has 0 saturated carbocycles. The Bertz CT molecular complexity index is 879. The number of primary amides is 1. The van der Waals surface area contributed by atoms with Gasteiger partial charge in [0.2, 0.25) is 23.6 Å². The van der Waals surface area contributed by atoms with Gasteiger partial charge in [-0.3, -0.25) is 19.2 Å². The first kappa shape index (κ1) is 25.7. The zero-order chi connectivity index (χ0) is 24.5. The Kier molecular flexibility index (Phi) is 9.30. The van der Waals surface area contributed by atoms with Gasteiger partial charge in [0.15, 0.2) is 0 Å². The van der Waals surface area contributed by atoms with Crippen LogP contribution in [0.2, 0.25) is 0 Å². The number of carboxylic acid groups (broad SMARTS) is 1. The van der Waals surface area contributed by atoms with Gasteiger partial charge in [0.05, 0.1) is 13.0 Å². The molecule has 180 valence electrons. The molecule has 0 aromatic heterocycles. The minimum absolute atomic E-state index is 0.0372. The lowest BCUT2D eigenvalue weighted by Crippen LogP contribution is -2.58. The fourth-order valence-corrected chi connectivity index (χ4v) is 3.58. The topological polar surface area (TPSA) is 205 Å². The Morgan fingerprint density at radius 2 is 1.70 bits per heavy atom. The van der Waals surface area contributed by atoms with Gasteiger partial charge in [0.25, 0.3) is 0 Å². The van der Waals surface area contributed by atoms with Gasteiger partial charge in [-0.15, -0.1) is 0 Å². The van der Waals surface area contributed by atoms with Gasteiger partial charge in [-0.1, -0.05) is 30.3 Å². The van der Waals surface area contributed by atoms with Crippen molar-refractivity contribution in [3.63, 3.8) is 0 Å². The number of carbonyl (C=O) groups is 5. The van der Waals surface area contributed by atoms with Crippen LogP contribution in [0.3, 0.4) is 0 Å². The second-order valence-corrected chi connectivity index (χ2v) is 7.80. The Morgan fingerprint density at radius 1 is 1.06 bits per heavy atom. The molecular formula is C21H29N5O7. The van der Waals surface area contributed by atoms with Gasteiger partial charge < -0.3 is 37.2 Å². The van der Waals surface area contributed by atoms with Crippen molar-refractivity contribution >= 4 is 29.6 Å². The summed E-state index contributed by atoms with van der Waals surface area (Å²) in [6.45, 7) is -0.476. The predicted octanol–water partition coefficient (Wildman–Crippen LogP) is -2.53. The summed E-state index contributed by atoms with van der Waals surface area (Å²) >= 11 is 0. The number of nitrogens with zero attached hydrogens (tertiary/aromatic N) is 1. The summed E-state index contributed by atoms with van der Waals surface area (Å²) in [5.41, 5.74) is 11.5. The van der Waals surface area contributed by atoms with Crippen LogP contribution in [0.15, 0.2) is 30.3 Å². The smallest absolute Gasteiger partial charge is 0.326 e. The molecule has 1 aliphatic heterocycles. The maximum Gasteiger partial charge on any atom is 0.326 e. The standard InChI is InChI=1S/C21H29N5O7/c22-13(11-27)18(29)24-14(9-12-5-2-1-3-6-12)19(30)25-15(10-17(23)28)20(31)26-8-4-7-16(26)21(32)33/h1-3,5-6,13-16,27H,4,7-11,22H2,(H2,23,28)(H,24,29)(H,25,30)(H,32,33). The number of hydrogen-bond donors (Lipinski definition) is 6. The molecule has 0 spiro atoms. The monoisotopic (exact) mass is 463 g/mol. The summed E-state index contributed by atoms with van der Waals surface area (Å²) in [6, 6.07) is 3.79. The van der Waals surface area contributed by atoms with Crippen LogP contribution in [0.5, 0.6) is 0 Å². The average Bonchev–Trinajstić information content (AvgIpc) is 3.27. The van der Waals surface area contributed by atoms with Crippen LogP contribution >= 0.6 is 0 Å². The average molecular weight is 463 g/mol. The van der Waals surface area contributed by atoms with E-state index < -0.39 is 66.8 Å². The lowest BCUT2D eigenvalue weighted by Gasteiger charge is -2.28. The molecular weight excluding hydrogens is 434 g/mol. The fraction of sp³-hybridized carbons (Fsp3) is 0.476. The van der Waals surface area contributed by atoms with Gasteiger partial charge in [0.1, 0.15) is 24.2 Å². The third-order valence-corrected chi connectivity index (χ3v) is 5.29. The third-order valence-electron chi connectivity index (χ3n) is 5.29. The van der Waals surface area contributed by atoms with Crippen molar-refractivity contribution in [3.8, 4) is 0 Å². The van der Waals surface area contributed by atoms with Crippen molar-refractivity contribution in [2.75, 3.05) is 13.2 Å². The molecule has 0 radical (unpaired) electrons. The lowest BCUT2D eigenvalue weighted by atomic mass is 10.0. The van der Waals surface area contributed by atoms with Crippen molar-refractivity contribution in [2.24, 2.45) is 11.5 Å². The Hall–Kier alpha value is -3.51. The predicted molar refractivity (Wildman–Crippen MR) is 115 cm³/mol. The van der Waals surface area contributed by atoms with E-state index in [1.165, 1.54) is 0 Å². The van der Waals surface area contributed by atoms with Crippen LogP contribution in [0.4, 0.5) is 0 Å². The van der Waals surface area contributed by atoms with E-state index in [1.54, 1.807) is 30.3 Å². The first-order valence-corrected chi connectivity index (χ1v) is 10.5. The zero-order valence-corrected chi connectivity index (χ0v) is 18.0. The quantitative estimate of drug-likeness (QED) is 0.206. The van der Waals surface area contributed by atoms with E-state index in [0.29, 0.717) is 12.0 Å². The Labute approximate surface area is 190 Å². The molecule has 12 heteroatoms. The van der Waals surface area contributed by atoms with E-state index in [4.69, 9.17) is 16.6 Å². The number of aliphatic carboxylic acids is 1. The normalized spacial score (nSPS) is 18.1. The molecule has 33 heavy (non-hydrogen) atoms. The summed E-state index contributed by atoms with van der Waals surface area (Å²) in [7, 11) is 0. The summed E-state index contributed by atoms with van der Waals surface area (Å²) in [5.74, 6) is -4.37. The number of rotatable bonds is 11. The highest BCUT2D eigenvalue weighted by molar-refractivity contribution is 5.96. The molecule has 8 N–H and O–H groups in total. The fourth-order valence-electron chi connectivity index (χ4n) is 3.58. The minimum Gasteiger partial charge on any atom is -0.480 e. The molecule has 4 unspecified atom stereocenters. The third kappa shape index (κ3) is 7.26. The van der Waals surface area contributed by atoms with E-state index in [0.717, 1.165) is 4.90 Å². The Balaban J connectivity index is 2.23. The first-order valence-electron chi connectivity index (χ1n) is 10.5. The van der Waals surface area contributed by atoms with E-state index in [2.05, 4.69) is 10.6 Å². The van der Waals surface area contributed by atoms with Gasteiger partial charge in [-0.2, -0.15) is 0 Å². The van der Waals surface area contributed by atoms with Crippen LogP contribution in [-0.2, 0) is 30.4 Å². The van der Waals surface area contributed by atoms with Crippen LogP contribution in [0, 0.1) is 0 Å². The number of aliphatic hydroxyl groups is 1. The minimum atomic E-state index is -1.41. The number of likely N-dealkylation sites (tertiary alicyclic amines) is 1. The summed E-state index contributed by atoms with van der Waals surface area (Å²) in [5, 5.41) is 23.3. The van der Waals surface area contributed by atoms with Crippen LogP contribution in [0.1, 0.15) is 24.8 Å². The van der Waals surface area contributed by atoms with Crippen LogP contribution < -0.4 is 22.1 Å². The van der Waals surface area contributed by atoms with Crippen molar-refractivity contribution < 1.29 is 34.2 Å². The molecule has 4 amide bonds. The number of carbonyl (C=O) groups excluding carboxylic acids is 4. The zero-order valence-electron chi connectivity index (χ0n) is 18.0. The van der Waals surface area contributed by atoms with Crippen LogP contribution in [0.25, 0.3) is 0 Å². The summed E-state index contributed by atoms with van der Waals surface area (Å²) in [6.07, 6.45) is 0.209. The van der Waals surface area contributed by atoms with E-state index in [9.17, 15) is 29.1 Å². The van der Waals surface area contributed by atoms with E-state index in [1.807, 2.05) is 0 Å². The number of benzene rings is 1. The van der Waals surface area contributed by atoms with Crippen molar-refractivity contribution in [3.05, 3.63) is 35.9 Å². The highest BCUT2D eigenvalue weighted by atomic mass is 16.4. The molecule has 4 atom stereocenters. The summed E-state index contributed by atoms with van der Waals surface area (Å²) < 4.78 is 0. The maximum atomic E-state index is 13.1. The number of carboxylic acids is 1. The van der Waals surface area contributed by atoms with Crippen molar-refractivity contribution in [1.82, 2.24) is 15.5 Å². The van der Waals surface area contributed by atoms with Gasteiger partial charge in [-0.05, 0) is 18.4 Å². The molecule has 1 aromatic rings. The van der Waals surface area contributed by atoms with Crippen molar-refractivity contribution in [2.45, 2.75) is 49.9 Å². The molecule has 0 bridgehead atoms. The van der Waals surface area contributed by atoms with Gasteiger partial charge >= 0.3 is 5.97 Å².